The maximum Gasteiger partial charge on any atom is 0.254 e. The molecule has 1 aromatic rings. The minimum Gasteiger partial charge on any atom is -0.352 e. The molecular weight excluding hydrogens is 267 g/mol. The van der Waals surface area contributed by atoms with Crippen molar-refractivity contribution in [3.8, 4) is 0 Å². The van der Waals surface area contributed by atoms with E-state index in [4.69, 9.17) is 0 Å². The van der Waals surface area contributed by atoms with Gasteiger partial charge in [0, 0.05) is 12.6 Å². The first kappa shape index (κ1) is 15.9. The first-order valence-electron chi connectivity index (χ1n) is 6.44. The second-order valence-corrected chi connectivity index (χ2v) is 4.82. The Morgan fingerprint density at radius 3 is 2.95 bits per heavy atom. The summed E-state index contributed by atoms with van der Waals surface area (Å²) in [5, 5.41) is 6.13. The molecule has 0 unspecified atom stereocenters. The van der Waals surface area contributed by atoms with Crippen molar-refractivity contribution >= 4 is 18.3 Å². The third-order valence-corrected chi connectivity index (χ3v) is 3.31. The Kier molecular flexibility index (Phi) is 6.25. The number of hydrogen-bond donors (Lipinski definition) is 2. The van der Waals surface area contributed by atoms with Crippen LogP contribution in [-0.4, -0.2) is 25.0 Å². The van der Waals surface area contributed by atoms with E-state index in [1.807, 2.05) is 0 Å². The lowest BCUT2D eigenvalue weighted by molar-refractivity contribution is 0.0948. The molecule has 1 fully saturated rings. The van der Waals surface area contributed by atoms with Gasteiger partial charge >= 0.3 is 0 Å². The van der Waals surface area contributed by atoms with Crippen molar-refractivity contribution in [1.82, 2.24) is 10.6 Å². The highest BCUT2D eigenvalue weighted by molar-refractivity contribution is 5.94. The zero-order valence-corrected chi connectivity index (χ0v) is 11.9. The average Bonchev–Trinajstić information content (AvgIpc) is 2.81. The number of amides is 1. The third kappa shape index (κ3) is 4.48. The van der Waals surface area contributed by atoms with Crippen LogP contribution in [0.5, 0.6) is 0 Å². The highest BCUT2D eigenvalue weighted by Crippen LogP contribution is 2.10. The fraction of sp³-hybridized carbons (Fsp3) is 0.500. The summed E-state index contributed by atoms with van der Waals surface area (Å²) in [6.45, 7) is 3.45. The van der Waals surface area contributed by atoms with Crippen molar-refractivity contribution in [3.63, 3.8) is 0 Å². The second-order valence-electron chi connectivity index (χ2n) is 4.82. The van der Waals surface area contributed by atoms with Crippen LogP contribution in [0.25, 0.3) is 0 Å². The highest BCUT2D eigenvalue weighted by atomic mass is 35.5. The number of halogens is 2. The van der Waals surface area contributed by atoms with Gasteiger partial charge in [-0.1, -0.05) is 6.07 Å². The topological polar surface area (TPSA) is 41.1 Å². The van der Waals surface area contributed by atoms with Crippen molar-refractivity contribution in [3.05, 3.63) is 35.1 Å². The Bertz CT molecular complexity index is 433. The average molecular weight is 287 g/mol. The summed E-state index contributed by atoms with van der Waals surface area (Å²) in [6, 6.07) is 5.16. The molecule has 0 bridgehead atoms. The smallest absolute Gasteiger partial charge is 0.254 e. The molecule has 1 saturated heterocycles. The molecule has 19 heavy (non-hydrogen) atoms. The summed E-state index contributed by atoms with van der Waals surface area (Å²) < 4.78 is 13.6. The number of rotatable bonds is 4. The molecule has 5 heteroatoms. The van der Waals surface area contributed by atoms with Gasteiger partial charge in [-0.05, 0) is 50.4 Å². The molecule has 1 aliphatic rings. The summed E-state index contributed by atoms with van der Waals surface area (Å²) in [7, 11) is 0. The highest BCUT2D eigenvalue weighted by Gasteiger charge is 2.15. The first-order valence-corrected chi connectivity index (χ1v) is 6.44. The maximum atomic E-state index is 13.6. The van der Waals surface area contributed by atoms with E-state index >= 15 is 0 Å². The largest absolute Gasteiger partial charge is 0.352 e. The molecule has 0 spiro atoms. The van der Waals surface area contributed by atoms with Gasteiger partial charge in [-0.2, -0.15) is 0 Å². The van der Waals surface area contributed by atoms with Crippen LogP contribution in [0.15, 0.2) is 18.2 Å². The van der Waals surface area contributed by atoms with Gasteiger partial charge in [0.25, 0.3) is 5.91 Å². The molecule has 106 valence electrons. The number of benzene rings is 1. The summed E-state index contributed by atoms with van der Waals surface area (Å²) in [5.41, 5.74) is 0.944. The molecular formula is C14H20ClFN2O. The molecule has 0 saturated carbocycles. The molecule has 1 amide bonds. The molecule has 0 aliphatic carbocycles. The number of nitrogens with one attached hydrogen (secondary N) is 2. The first-order chi connectivity index (χ1) is 8.66. The van der Waals surface area contributed by atoms with Crippen molar-refractivity contribution in [2.75, 3.05) is 13.1 Å². The van der Waals surface area contributed by atoms with E-state index in [0.717, 1.165) is 24.9 Å². The van der Waals surface area contributed by atoms with Crippen molar-refractivity contribution in [1.29, 1.82) is 0 Å². The SMILES string of the molecule is Cc1ccc(C(=O)NCC[C@H]2CCCN2)c(F)c1.Cl. The molecule has 2 rings (SSSR count). The fourth-order valence-corrected chi connectivity index (χ4v) is 2.26. The molecule has 0 radical (unpaired) electrons. The standard InChI is InChI=1S/C14H19FN2O.ClH/c1-10-4-5-12(13(15)9-10)14(18)17-8-6-11-3-2-7-16-11;/h4-5,9,11,16H,2-3,6-8H2,1H3,(H,17,18);1H/t11-;/m1./s1. The van der Waals surface area contributed by atoms with Crippen LogP contribution in [0.2, 0.25) is 0 Å². The Balaban J connectivity index is 0.00000180. The monoisotopic (exact) mass is 286 g/mol. The van der Waals surface area contributed by atoms with E-state index in [0.29, 0.717) is 12.6 Å². The molecule has 1 aromatic carbocycles. The van der Waals surface area contributed by atoms with Gasteiger partial charge in [0.1, 0.15) is 5.82 Å². The molecule has 2 N–H and O–H groups in total. The van der Waals surface area contributed by atoms with Gasteiger partial charge in [-0.25, -0.2) is 4.39 Å². The minimum atomic E-state index is -0.452. The maximum absolute atomic E-state index is 13.6. The van der Waals surface area contributed by atoms with E-state index in [1.54, 1.807) is 13.0 Å². The minimum absolute atomic E-state index is 0. The Hall–Kier alpha value is -1.13. The predicted octanol–water partition coefficient (Wildman–Crippen LogP) is 2.43. The lowest BCUT2D eigenvalue weighted by Gasteiger charge is -2.11. The van der Waals surface area contributed by atoms with E-state index in [2.05, 4.69) is 10.6 Å². The fourth-order valence-electron chi connectivity index (χ4n) is 2.26. The van der Waals surface area contributed by atoms with Gasteiger partial charge < -0.3 is 10.6 Å². The van der Waals surface area contributed by atoms with Crippen LogP contribution in [0.3, 0.4) is 0 Å². The van der Waals surface area contributed by atoms with E-state index in [9.17, 15) is 9.18 Å². The summed E-state index contributed by atoms with van der Waals surface area (Å²) in [6.07, 6.45) is 3.26. The number of hydrogen-bond acceptors (Lipinski definition) is 2. The zero-order chi connectivity index (χ0) is 13.0. The normalized spacial score (nSPS) is 17.9. The molecule has 1 aliphatic heterocycles. The van der Waals surface area contributed by atoms with E-state index in [1.165, 1.54) is 18.6 Å². The molecule has 1 atom stereocenters. The van der Waals surface area contributed by atoms with Gasteiger partial charge in [0.2, 0.25) is 0 Å². The van der Waals surface area contributed by atoms with Gasteiger partial charge in [0.05, 0.1) is 5.56 Å². The third-order valence-electron chi connectivity index (χ3n) is 3.31. The summed E-state index contributed by atoms with van der Waals surface area (Å²) >= 11 is 0. The van der Waals surface area contributed by atoms with Crippen LogP contribution in [0.1, 0.15) is 35.2 Å². The number of carbonyl (C=O) groups excluding carboxylic acids is 1. The van der Waals surface area contributed by atoms with Crippen LogP contribution in [0, 0.1) is 12.7 Å². The van der Waals surface area contributed by atoms with Crippen LogP contribution in [0.4, 0.5) is 4.39 Å². The predicted molar refractivity (Wildman–Crippen MR) is 76.4 cm³/mol. The summed E-state index contributed by atoms with van der Waals surface area (Å²) in [4.78, 5) is 11.8. The lowest BCUT2D eigenvalue weighted by atomic mass is 10.1. The van der Waals surface area contributed by atoms with Crippen LogP contribution >= 0.6 is 12.4 Å². The van der Waals surface area contributed by atoms with Crippen molar-refractivity contribution in [2.45, 2.75) is 32.2 Å². The molecule has 0 aromatic heterocycles. The van der Waals surface area contributed by atoms with Crippen molar-refractivity contribution in [2.24, 2.45) is 0 Å². The summed E-state index contributed by atoms with van der Waals surface area (Å²) in [5.74, 6) is -0.781. The molecule has 1 heterocycles. The van der Waals surface area contributed by atoms with Gasteiger partial charge in [-0.3, -0.25) is 4.79 Å². The Morgan fingerprint density at radius 1 is 1.53 bits per heavy atom. The van der Waals surface area contributed by atoms with E-state index < -0.39 is 5.82 Å². The Labute approximate surface area is 119 Å². The lowest BCUT2D eigenvalue weighted by Crippen LogP contribution is -2.31. The van der Waals surface area contributed by atoms with E-state index in [-0.39, 0.29) is 23.9 Å². The second kappa shape index (κ2) is 7.46. The van der Waals surface area contributed by atoms with Crippen LogP contribution < -0.4 is 10.6 Å². The Morgan fingerprint density at radius 2 is 2.32 bits per heavy atom. The number of carbonyl (C=O) groups is 1. The van der Waals surface area contributed by atoms with Gasteiger partial charge in [-0.15, -0.1) is 12.4 Å². The zero-order valence-electron chi connectivity index (χ0n) is 11.0. The quantitative estimate of drug-likeness (QED) is 0.892. The van der Waals surface area contributed by atoms with Gasteiger partial charge in [0.15, 0.2) is 0 Å². The van der Waals surface area contributed by atoms with Crippen LogP contribution in [-0.2, 0) is 0 Å². The number of aryl methyl sites for hydroxylation is 1. The molecule has 3 nitrogen and oxygen atoms in total. The van der Waals surface area contributed by atoms with Crippen molar-refractivity contribution < 1.29 is 9.18 Å².